The first-order valence-corrected chi connectivity index (χ1v) is 5.30. The Hall–Kier alpha value is -2.02. The summed E-state index contributed by atoms with van der Waals surface area (Å²) >= 11 is 0. The third kappa shape index (κ3) is 2.97. The average molecular weight is 234 g/mol. The largest absolute Gasteiger partial charge is 0.406 e. The van der Waals surface area contributed by atoms with Gasteiger partial charge in [-0.2, -0.15) is 10.2 Å². The van der Waals surface area contributed by atoms with Gasteiger partial charge in [-0.25, -0.2) is 0 Å². The van der Waals surface area contributed by atoms with Gasteiger partial charge in [-0.05, 0) is 26.1 Å². The molecule has 7 heteroatoms. The van der Waals surface area contributed by atoms with Gasteiger partial charge in [-0.15, -0.1) is 5.10 Å². The second-order valence-electron chi connectivity index (χ2n) is 3.52. The maximum Gasteiger partial charge on any atom is 0.315 e. The van der Waals surface area contributed by atoms with E-state index in [-0.39, 0.29) is 6.04 Å². The fourth-order valence-corrected chi connectivity index (χ4v) is 1.20. The molecule has 0 saturated carbocycles. The standard InChI is InChI=1S/C10H14N6O/c1-7(11-2)9-15-16-10(17-9)12-6-8-4-3-5-13-14-8/h3-5,7,11H,6H2,1-2H3,(H,12,16). The molecule has 2 aromatic heterocycles. The lowest BCUT2D eigenvalue weighted by Crippen LogP contribution is -2.12. The zero-order chi connectivity index (χ0) is 12.1. The summed E-state index contributed by atoms with van der Waals surface area (Å²) in [6.07, 6.45) is 1.63. The molecule has 0 spiro atoms. The van der Waals surface area contributed by atoms with Gasteiger partial charge in [0.2, 0.25) is 5.89 Å². The Morgan fingerprint density at radius 3 is 2.94 bits per heavy atom. The van der Waals surface area contributed by atoms with Gasteiger partial charge < -0.3 is 15.1 Å². The Morgan fingerprint density at radius 1 is 1.35 bits per heavy atom. The Bertz CT molecular complexity index is 457. The first-order chi connectivity index (χ1) is 8.29. The summed E-state index contributed by atoms with van der Waals surface area (Å²) in [4.78, 5) is 0. The minimum absolute atomic E-state index is 0.0366. The van der Waals surface area contributed by atoms with Gasteiger partial charge in [0.05, 0.1) is 18.3 Å². The van der Waals surface area contributed by atoms with Crippen molar-refractivity contribution in [2.24, 2.45) is 0 Å². The van der Waals surface area contributed by atoms with E-state index in [9.17, 15) is 0 Å². The number of hydrogen-bond acceptors (Lipinski definition) is 7. The van der Waals surface area contributed by atoms with Crippen molar-refractivity contribution in [2.75, 3.05) is 12.4 Å². The van der Waals surface area contributed by atoms with Crippen LogP contribution in [-0.4, -0.2) is 27.4 Å². The predicted octanol–water partition coefficient (Wildman–Crippen LogP) is 0.752. The van der Waals surface area contributed by atoms with Crippen molar-refractivity contribution in [3.8, 4) is 0 Å². The lowest BCUT2D eigenvalue weighted by molar-refractivity contribution is 0.441. The summed E-state index contributed by atoms with van der Waals surface area (Å²) < 4.78 is 5.41. The van der Waals surface area contributed by atoms with Crippen LogP contribution in [0.15, 0.2) is 22.7 Å². The molecule has 17 heavy (non-hydrogen) atoms. The third-order valence-corrected chi connectivity index (χ3v) is 2.29. The highest BCUT2D eigenvalue weighted by Gasteiger charge is 2.11. The molecule has 7 nitrogen and oxygen atoms in total. The van der Waals surface area contributed by atoms with Crippen LogP contribution in [0, 0.1) is 0 Å². The molecule has 2 heterocycles. The zero-order valence-electron chi connectivity index (χ0n) is 9.71. The van der Waals surface area contributed by atoms with Gasteiger partial charge in [-0.3, -0.25) is 0 Å². The molecule has 0 aliphatic carbocycles. The Kier molecular flexibility index (Phi) is 3.61. The maximum absolute atomic E-state index is 5.41. The summed E-state index contributed by atoms with van der Waals surface area (Å²) in [6.45, 7) is 2.45. The lowest BCUT2D eigenvalue weighted by Gasteiger charge is -2.02. The summed E-state index contributed by atoms with van der Waals surface area (Å²) in [6, 6.07) is 4.11. The molecule has 0 amide bonds. The highest BCUT2D eigenvalue weighted by Crippen LogP contribution is 2.13. The van der Waals surface area contributed by atoms with Gasteiger partial charge in [0.25, 0.3) is 0 Å². The van der Waals surface area contributed by atoms with E-state index >= 15 is 0 Å². The van der Waals surface area contributed by atoms with E-state index in [1.807, 2.05) is 26.1 Å². The van der Waals surface area contributed by atoms with Crippen molar-refractivity contribution in [1.82, 2.24) is 25.7 Å². The van der Waals surface area contributed by atoms with Crippen molar-refractivity contribution in [3.05, 3.63) is 29.9 Å². The van der Waals surface area contributed by atoms with Crippen LogP contribution in [0.25, 0.3) is 0 Å². The fraction of sp³-hybridized carbons (Fsp3) is 0.400. The monoisotopic (exact) mass is 234 g/mol. The van der Waals surface area contributed by atoms with Crippen LogP contribution in [0.3, 0.4) is 0 Å². The number of nitrogens with zero attached hydrogens (tertiary/aromatic N) is 4. The van der Waals surface area contributed by atoms with Crippen molar-refractivity contribution >= 4 is 6.01 Å². The molecule has 2 aromatic rings. The quantitative estimate of drug-likeness (QED) is 0.789. The summed E-state index contributed by atoms with van der Waals surface area (Å²) in [5.41, 5.74) is 0.814. The zero-order valence-corrected chi connectivity index (χ0v) is 9.71. The van der Waals surface area contributed by atoms with Gasteiger partial charge >= 0.3 is 6.01 Å². The van der Waals surface area contributed by atoms with Crippen molar-refractivity contribution in [3.63, 3.8) is 0 Å². The Labute approximate surface area is 98.7 Å². The molecular weight excluding hydrogens is 220 g/mol. The van der Waals surface area contributed by atoms with E-state index in [0.717, 1.165) is 5.69 Å². The molecule has 0 saturated heterocycles. The van der Waals surface area contributed by atoms with Gasteiger partial charge in [-0.1, -0.05) is 5.10 Å². The SMILES string of the molecule is CNC(C)c1nnc(NCc2cccnn2)o1. The van der Waals surface area contributed by atoms with Crippen molar-refractivity contribution in [2.45, 2.75) is 19.5 Å². The second-order valence-corrected chi connectivity index (χ2v) is 3.52. The Morgan fingerprint density at radius 2 is 2.24 bits per heavy atom. The summed E-state index contributed by atoms with van der Waals surface area (Å²) in [5.74, 6) is 0.550. The number of nitrogens with one attached hydrogen (secondary N) is 2. The smallest absolute Gasteiger partial charge is 0.315 e. The molecule has 0 aliphatic heterocycles. The van der Waals surface area contributed by atoms with E-state index in [1.54, 1.807) is 6.20 Å². The normalized spacial score (nSPS) is 12.4. The number of aromatic nitrogens is 4. The fourth-order valence-electron chi connectivity index (χ4n) is 1.20. The first kappa shape index (κ1) is 11.5. The average Bonchev–Trinajstić information content (AvgIpc) is 2.85. The highest BCUT2D eigenvalue weighted by molar-refractivity contribution is 5.19. The first-order valence-electron chi connectivity index (χ1n) is 5.30. The van der Waals surface area contributed by atoms with Crippen LogP contribution >= 0.6 is 0 Å². The topological polar surface area (TPSA) is 88.8 Å². The van der Waals surface area contributed by atoms with E-state index in [1.165, 1.54) is 0 Å². The van der Waals surface area contributed by atoms with Crippen LogP contribution in [0.4, 0.5) is 6.01 Å². The Balaban J connectivity index is 1.94. The molecule has 2 N–H and O–H groups in total. The molecule has 0 bridgehead atoms. The molecule has 90 valence electrons. The van der Waals surface area contributed by atoms with Gasteiger partial charge in [0.15, 0.2) is 0 Å². The van der Waals surface area contributed by atoms with E-state index < -0.39 is 0 Å². The van der Waals surface area contributed by atoms with Crippen LogP contribution < -0.4 is 10.6 Å². The maximum atomic E-state index is 5.41. The van der Waals surface area contributed by atoms with E-state index in [0.29, 0.717) is 18.5 Å². The van der Waals surface area contributed by atoms with Gasteiger partial charge in [0.1, 0.15) is 0 Å². The summed E-state index contributed by atoms with van der Waals surface area (Å²) in [5, 5.41) is 21.5. The van der Waals surface area contributed by atoms with E-state index in [4.69, 9.17) is 4.42 Å². The molecule has 1 atom stereocenters. The minimum Gasteiger partial charge on any atom is -0.406 e. The molecule has 0 radical (unpaired) electrons. The highest BCUT2D eigenvalue weighted by atomic mass is 16.4. The molecule has 0 aromatic carbocycles. The molecule has 0 aliphatic rings. The third-order valence-electron chi connectivity index (χ3n) is 2.29. The van der Waals surface area contributed by atoms with E-state index in [2.05, 4.69) is 31.0 Å². The van der Waals surface area contributed by atoms with Crippen LogP contribution in [0.1, 0.15) is 24.6 Å². The minimum atomic E-state index is 0.0366. The predicted molar refractivity (Wildman–Crippen MR) is 61.1 cm³/mol. The molecule has 2 rings (SSSR count). The van der Waals surface area contributed by atoms with Crippen molar-refractivity contribution < 1.29 is 4.42 Å². The van der Waals surface area contributed by atoms with Crippen LogP contribution in [0.2, 0.25) is 0 Å². The number of hydrogen-bond donors (Lipinski definition) is 2. The van der Waals surface area contributed by atoms with Crippen molar-refractivity contribution in [1.29, 1.82) is 0 Å². The second kappa shape index (κ2) is 5.35. The number of rotatable bonds is 5. The van der Waals surface area contributed by atoms with Crippen LogP contribution in [-0.2, 0) is 6.54 Å². The van der Waals surface area contributed by atoms with Gasteiger partial charge in [0, 0.05) is 6.20 Å². The molecule has 0 fully saturated rings. The number of anilines is 1. The lowest BCUT2D eigenvalue weighted by atomic mass is 10.3. The van der Waals surface area contributed by atoms with Crippen LogP contribution in [0.5, 0.6) is 0 Å². The summed E-state index contributed by atoms with van der Waals surface area (Å²) in [7, 11) is 1.83. The molecule has 1 unspecified atom stereocenters. The molecular formula is C10H14N6O.